The molecule has 4 aliphatic carbocycles. The molecule has 0 spiro atoms. The minimum absolute atomic E-state index is 0.102. The van der Waals surface area contributed by atoms with Gasteiger partial charge in [0.05, 0.1) is 0 Å². The fourth-order valence-electron chi connectivity index (χ4n) is 5.66. The van der Waals surface area contributed by atoms with Crippen molar-refractivity contribution in [1.29, 1.82) is 0 Å². The van der Waals surface area contributed by atoms with Crippen LogP contribution in [0.25, 0.3) is 0 Å². The highest BCUT2D eigenvalue weighted by Gasteiger charge is 2.52. The van der Waals surface area contributed by atoms with Crippen molar-refractivity contribution in [2.24, 2.45) is 17.8 Å². The Kier molecular flexibility index (Phi) is 3.86. The third kappa shape index (κ3) is 2.94. The van der Waals surface area contributed by atoms with E-state index in [-0.39, 0.29) is 5.54 Å². The Labute approximate surface area is 143 Å². The standard InChI is InChI=1S/C20H26N2O2/c1-22(13-14-5-3-2-4-6-14)19(24)18(23)21-20-10-15-7-16(11-20)9-17(8-15)12-20/h2-6,15-17H,7-13H2,1H3,(H,21,23). The molecule has 4 heteroatoms. The highest BCUT2D eigenvalue weighted by Crippen LogP contribution is 2.55. The number of benzene rings is 1. The number of hydrogen-bond donors (Lipinski definition) is 1. The van der Waals surface area contributed by atoms with E-state index in [1.165, 1.54) is 24.2 Å². The molecule has 4 saturated carbocycles. The number of carbonyl (C=O) groups is 2. The smallest absolute Gasteiger partial charge is 0.311 e. The van der Waals surface area contributed by atoms with E-state index < -0.39 is 11.8 Å². The highest BCUT2D eigenvalue weighted by atomic mass is 16.2. The van der Waals surface area contributed by atoms with Crippen molar-refractivity contribution in [2.45, 2.75) is 50.6 Å². The van der Waals surface area contributed by atoms with Crippen LogP contribution in [0.4, 0.5) is 0 Å². The summed E-state index contributed by atoms with van der Waals surface area (Å²) >= 11 is 0. The van der Waals surface area contributed by atoms with Gasteiger partial charge >= 0.3 is 11.8 Å². The minimum atomic E-state index is -0.422. The molecule has 5 rings (SSSR count). The molecule has 1 N–H and O–H groups in total. The van der Waals surface area contributed by atoms with Gasteiger partial charge in [-0.3, -0.25) is 9.59 Å². The van der Waals surface area contributed by atoms with Gasteiger partial charge in [0.1, 0.15) is 0 Å². The quantitative estimate of drug-likeness (QED) is 0.868. The molecular formula is C20H26N2O2. The second-order valence-electron chi connectivity index (χ2n) is 8.30. The number of hydrogen-bond acceptors (Lipinski definition) is 2. The van der Waals surface area contributed by atoms with E-state index in [1.54, 1.807) is 7.05 Å². The second kappa shape index (κ2) is 5.91. The van der Waals surface area contributed by atoms with Crippen LogP contribution < -0.4 is 5.32 Å². The van der Waals surface area contributed by atoms with Crippen molar-refractivity contribution >= 4 is 11.8 Å². The molecule has 128 valence electrons. The number of likely N-dealkylation sites (N-methyl/N-ethyl adjacent to an activating group) is 1. The lowest BCUT2D eigenvalue weighted by Crippen LogP contribution is -2.61. The third-order valence-corrected chi connectivity index (χ3v) is 6.22. The second-order valence-corrected chi connectivity index (χ2v) is 8.30. The van der Waals surface area contributed by atoms with Crippen LogP contribution in [0, 0.1) is 17.8 Å². The molecule has 0 unspecified atom stereocenters. The number of carbonyl (C=O) groups excluding carboxylic acids is 2. The molecule has 0 atom stereocenters. The van der Waals surface area contributed by atoms with Crippen LogP contribution in [0.3, 0.4) is 0 Å². The molecule has 1 aromatic rings. The summed E-state index contributed by atoms with van der Waals surface area (Å²) in [5.74, 6) is 1.43. The van der Waals surface area contributed by atoms with Gasteiger partial charge in [-0.05, 0) is 61.8 Å². The lowest BCUT2D eigenvalue weighted by molar-refractivity contribution is -0.148. The van der Waals surface area contributed by atoms with Crippen LogP contribution in [0.1, 0.15) is 44.1 Å². The first kappa shape index (κ1) is 15.7. The van der Waals surface area contributed by atoms with Crippen molar-refractivity contribution in [1.82, 2.24) is 10.2 Å². The lowest BCUT2D eigenvalue weighted by Gasteiger charge is -2.56. The largest absolute Gasteiger partial charge is 0.342 e. The van der Waals surface area contributed by atoms with E-state index in [9.17, 15) is 9.59 Å². The molecule has 2 amide bonds. The summed E-state index contributed by atoms with van der Waals surface area (Å²) in [6.45, 7) is 0.466. The molecule has 4 aliphatic rings. The number of amides is 2. The normalized spacial score (nSPS) is 33.3. The molecule has 0 heterocycles. The Hall–Kier alpha value is -1.84. The van der Waals surface area contributed by atoms with Gasteiger partial charge in [-0.1, -0.05) is 30.3 Å². The molecular weight excluding hydrogens is 300 g/mol. The third-order valence-electron chi connectivity index (χ3n) is 6.22. The average molecular weight is 326 g/mol. The van der Waals surface area contributed by atoms with E-state index in [0.29, 0.717) is 6.54 Å². The molecule has 0 saturated heterocycles. The van der Waals surface area contributed by atoms with Gasteiger partial charge in [-0.15, -0.1) is 0 Å². The van der Waals surface area contributed by atoms with Gasteiger partial charge in [0.2, 0.25) is 0 Å². The zero-order chi connectivity index (χ0) is 16.7. The molecule has 4 fully saturated rings. The Bertz CT molecular complexity index is 605. The summed E-state index contributed by atoms with van der Waals surface area (Å²) in [7, 11) is 1.70. The summed E-state index contributed by atoms with van der Waals surface area (Å²) in [4.78, 5) is 26.6. The van der Waals surface area contributed by atoms with E-state index in [1.807, 2.05) is 30.3 Å². The molecule has 0 aliphatic heterocycles. The van der Waals surface area contributed by atoms with Crippen molar-refractivity contribution < 1.29 is 9.59 Å². The molecule has 4 nitrogen and oxygen atoms in total. The van der Waals surface area contributed by atoms with Crippen LogP contribution in [0.15, 0.2) is 30.3 Å². The maximum atomic E-state index is 12.6. The summed E-state index contributed by atoms with van der Waals surface area (Å²) in [6.07, 6.45) is 7.20. The van der Waals surface area contributed by atoms with Gasteiger partial charge in [0.15, 0.2) is 0 Å². The fourth-order valence-corrected chi connectivity index (χ4v) is 5.66. The number of rotatable bonds is 3. The summed E-state index contributed by atoms with van der Waals surface area (Å²) < 4.78 is 0. The fraction of sp³-hybridized carbons (Fsp3) is 0.600. The van der Waals surface area contributed by atoms with Gasteiger partial charge in [-0.2, -0.15) is 0 Å². The summed E-state index contributed by atoms with van der Waals surface area (Å²) in [5.41, 5.74) is 0.936. The molecule has 0 aromatic heterocycles. The molecule has 0 radical (unpaired) electrons. The van der Waals surface area contributed by atoms with Gasteiger partial charge < -0.3 is 10.2 Å². The van der Waals surface area contributed by atoms with Crippen LogP contribution >= 0.6 is 0 Å². The molecule has 1 aromatic carbocycles. The van der Waals surface area contributed by atoms with Crippen LogP contribution in [-0.4, -0.2) is 29.3 Å². The SMILES string of the molecule is CN(Cc1ccccc1)C(=O)C(=O)NC12CC3CC(CC(C3)C1)C2. The van der Waals surface area contributed by atoms with Crippen molar-refractivity contribution in [3.05, 3.63) is 35.9 Å². The van der Waals surface area contributed by atoms with Crippen LogP contribution in [0.2, 0.25) is 0 Å². The van der Waals surface area contributed by atoms with Crippen molar-refractivity contribution in [2.75, 3.05) is 7.05 Å². The minimum Gasteiger partial charge on any atom is -0.342 e. The Morgan fingerprint density at radius 1 is 1.04 bits per heavy atom. The van der Waals surface area contributed by atoms with E-state index in [4.69, 9.17) is 0 Å². The number of nitrogens with one attached hydrogen (secondary N) is 1. The van der Waals surface area contributed by atoms with Crippen LogP contribution in [0.5, 0.6) is 0 Å². The zero-order valence-electron chi connectivity index (χ0n) is 14.3. The first-order valence-corrected chi connectivity index (χ1v) is 9.14. The predicted molar refractivity (Wildman–Crippen MR) is 92.0 cm³/mol. The monoisotopic (exact) mass is 326 g/mol. The van der Waals surface area contributed by atoms with Crippen LogP contribution in [-0.2, 0) is 16.1 Å². The van der Waals surface area contributed by atoms with Gasteiger partial charge in [-0.25, -0.2) is 0 Å². The Morgan fingerprint density at radius 3 is 2.12 bits per heavy atom. The predicted octanol–water partition coefficient (Wildman–Crippen LogP) is 2.73. The summed E-state index contributed by atoms with van der Waals surface area (Å²) in [6, 6.07) is 9.79. The van der Waals surface area contributed by atoms with Crippen molar-refractivity contribution in [3.63, 3.8) is 0 Å². The molecule has 4 bridgehead atoms. The van der Waals surface area contributed by atoms with Gasteiger partial charge in [0, 0.05) is 19.1 Å². The molecule has 24 heavy (non-hydrogen) atoms. The van der Waals surface area contributed by atoms with E-state index in [0.717, 1.165) is 42.6 Å². The van der Waals surface area contributed by atoms with Crippen molar-refractivity contribution in [3.8, 4) is 0 Å². The maximum absolute atomic E-state index is 12.6. The van der Waals surface area contributed by atoms with Gasteiger partial charge in [0.25, 0.3) is 0 Å². The van der Waals surface area contributed by atoms with E-state index in [2.05, 4.69) is 5.32 Å². The Balaban J connectivity index is 1.40. The summed E-state index contributed by atoms with van der Waals surface area (Å²) in [5, 5.41) is 3.16. The number of nitrogens with zero attached hydrogens (tertiary/aromatic N) is 1. The first-order valence-electron chi connectivity index (χ1n) is 9.14. The average Bonchev–Trinajstić information content (AvgIpc) is 2.53. The zero-order valence-corrected chi connectivity index (χ0v) is 14.3. The van der Waals surface area contributed by atoms with E-state index >= 15 is 0 Å². The first-order chi connectivity index (χ1) is 11.5. The lowest BCUT2D eigenvalue weighted by atomic mass is 9.53. The topological polar surface area (TPSA) is 49.4 Å². The highest BCUT2D eigenvalue weighted by molar-refractivity contribution is 6.35. The Morgan fingerprint density at radius 2 is 1.58 bits per heavy atom. The maximum Gasteiger partial charge on any atom is 0.311 e.